The molecular formula is C14H18BrN3. The van der Waals surface area contributed by atoms with E-state index in [9.17, 15) is 0 Å². The van der Waals surface area contributed by atoms with Crippen molar-refractivity contribution in [2.45, 2.75) is 25.8 Å². The molecule has 0 spiro atoms. The minimum Gasteiger partial charge on any atom is -0.319 e. The molecule has 0 saturated heterocycles. The summed E-state index contributed by atoms with van der Waals surface area (Å²) in [5.74, 6) is 0.540. The first-order valence-electron chi connectivity index (χ1n) is 6.03. The van der Waals surface area contributed by atoms with Crippen LogP contribution in [0.2, 0.25) is 0 Å². The van der Waals surface area contributed by atoms with Gasteiger partial charge in [-0.15, -0.1) is 0 Å². The van der Waals surface area contributed by atoms with Gasteiger partial charge in [0.15, 0.2) is 0 Å². The second kappa shape index (κ2) is 5.24. The zero-order valence-electron chi connectivity index (χ0n) is 10.9. The number of nitrogens with two attached hydrogens (primary N) is 1. The number of hydrogen-bond donors (Lipinski definition) is 1. The molecule has 0 aliphatic rings. The minimum absolute atomic E-state index is 0.159. The third kappa shape index (κ3) is 2.49. The maximum absolute atomic E-state index is 6.30. The van der Waals surface area contributed by atoms with Crippen molar-refractivity contribution in [1.29, 1.82) is 0 Å². The summed E-state index contributed by atoms with van der Waals surface area (Å²) in [6.07, 6.45) is 1.78. The largest absolute Gasteiger partial charge is 0.319 e. The fourth-order valence-corrected chi connectivity index (χ4v) is 2.61. The monoisotopic (exact) mass is 307 g/mol. The zero-order chi connectivity index (χ0) is 13.3. The van der Waals surface area contributed by atoms with E-state index in [1.165, 1.54) is 5.56 Å². The molecule has 1 heterocycles. The van der Waals surface area contributed by atoms with Gasteiger partial charge in [-0.25, -0.2) is 0 Å². The van der Waals surface area contributed by atoms with Gasteiger partial charge < -0.3 is 5.73 Å². The van der Waals surface area contributed by atoms with E-state index < -0.39 is 0 Å². The quantitative estimate of drug-likeness (QED) is 0.945. The Morgan fingerprint density at radius 3 is 2.17 bits per heavy atom. The summed E-state index contributed by atoms with van der Waals surface area (Å²) < 4.78 is 2.76. The molecule has 0 aliphatic heterocycles. The van der Waals surface area contributed by atoms with Crippen molar-refractivity contribution in [2.24, 2.45) is 12.8 Å². The predicted molar refractivity (Wildman–Crippen MR) is 77.5 cm³/mol. The molecule has 18 heavy (non-hydrogen) atoms. The van der Waals surface area contributed by atoms with Crippen LogP contribution < -0.4 is 5.73 Å². The lowest BCUT2D eigenvalue weighted by Gasteiger charge is -2.14. The standard InChI is InChI=1S/C14H18BrN3/c1-9(2)10-4-6-11(7-5-10)13(16)14-12(15)8-17-18(14)3/h4-9,13H,16H2,1-3H3. The van der Waals surface area contributed by atoms with E-state index in [1.54, 1.807) is 6.20 Å². The Bertz CT molecular complexity index is 509. The second-order valence-electron chi connectivity index (χ2n) is 4.80. The molecule has 2 N–H and O–H groups in total. The average Bonchev–Trinajstić information content (AvgIpc) is 2.68. The Morgan fingerprint density at radius 1 is 1.17 bits per heavy atom. The van der Waals surface area contributed by atoms with E-state index >= 15 is 0 Å². The first kappa shape index (κ1) is 13.3. The van der Waals surface area contributed by atoms with Gasteiger partial charge in [-0.3, -0.25) is 4.68 Å². The molecule has 0 radical (unpaired) electrons. The molecule has 0 amide bonds. The van der Waals surface area contributed by atoms with Crippen LogP contribution in [0, 0.1) is 0 Å². The van der Waals surface area contributed by atoms with Gasteiger partial charge >= 0.3 is 0 Å². The van der Waals surface area contributed by atoms with E-state index in [4.69, 9.17) is 5.73 Å². The summed E-state index contributed by atoms with van der Waals surface area (Å²) in [5.41, 5.74) is 9.72. The normalized spacial score (nSPS) is 13.0. The highest BCUT2D eigenvalue weighted by molar-refractivity contribution is 9.10. The first-order valence-corrected chi connectivity index (χ1v) is 6.83. The molecule has 1 unspecified atom stereocenters. The zero-order valence-corrected chi connectivity index (χ0v) is 12.5. The molecule has 0 bridgehead atoms. The Kier molecular flexibility index (Phi) is 3.88. The summed E-state index contributed by atoms with van der Waals surface area (Å²) in [4.78, 5) is 0. The fraction of sp³-hybridized carbons (Fsp3) is 0.357. The first-order chi connectivity index (χ1) is 8.50. The number of nitrogens with zero attached hydrogens (tertiary/aromatic N) is 2. The third-order valence-electron chi connectivity index (χ3n) is 3.19. The summed E-state index contributed by atoms with van der Waals surface area (Å²) in [6.45, 7) is 4.37. The Morgan fingerprint density at radius 2 is 1.72 bits per heavy atom. The van der Waals surface area contributed by atoms with Crippen LogP contribution in [0.1, 0.15) is 42.6 Å². The van der Waals surface area contributed by atoms with E-state index in [-0.39, 0.29) is 6.04 Å². The van der Waals surface area contributed by atoms with Crippen molar-refractivity contribution in [2.75, 3.05) is 0 Å². The van der Waals surface area contributed by atoms with Crippen LogP contribution in [0.4, 0.5) is 0 Å². The summed E-state index contributed by atoms with van der Waals surface area (Å²) in [5, 5.41) is 4.20. The van der Waals surface area contributed by atoms with Gasteiger partial charge in [0.1, 0.15) is 0 Å². The highest BCUT2D eigenvalue weighted by atomic mass is 79.9. The van der Waals surface area contributed by atoms with Gasteiger partial charge in [0.05, 0.1) is 22.4 Å². The third-order valence-corrected chi connectivity index (χ3v) is 3.81. The number of aryl methyl sites for hydroxylation is 1. The minimum atomic E-state index is -0.159. The van der Waals surface area contributed by atoms with Crippen molar-refractivity contribution < 1.29 is 0 Å². The number of aromatic nitrogens is 2. The molecule has 0 aliphatic carbocycles. The van der Waals surface area contributed by atoms with Crippen LogP contribution in [0.5, 0.6) is 0 Å². The Labute approximate surface area is 116 Å². The van der Waals surface area contributed by atoms with E-state index in [1.807, 2.05) is 11.7 Å². The summed E-state index contributed by atoms with van der Waals surface area (Å²) in [6, 6.07) is 8.32. The highest BCUT2D eigenvalue weighted by Crippen LogP contribution is 2.27. The van der Waals surface area contributed by atoms with Crippen LogP contribution in [0.3, 0.4) is 0 Å². The lowest BCUT2D eigenvalue weighted by Crippen LogP contribution is -2.16. The lowest BCUT2D eigenvalue weighted by molar-refractivity contribution is 0.671. The maximum atomic E-state index is 6.30. The van der Waals surface area contributed by atoms with Gasteiger partial charge in [-0.05, 0) is 33.0 Å². The van der Waals surface area contributed by atoms with Crippen molar-refractivity contribution in [3.05, 3.63) is 51.8 Å². The van der Waals surface area contributed by atoms with Crippen molar-refractivity contribution in [1.82, 2.24) is 9.78 Å². The molecule has 1 atom stereocenters. The molecule has 0 saturated carbocycles. The Hall–Kier alpha value is -1.13. The number of hydrogen-bond acceptors (Lipinski definition) is 2. The van der Waals surface area contributed by atoms with Crippen molar-refractivity contribution >= 4 is 15.9 Å². The molecule has 0 fully saturated rings. The maximum Gasteiger partial charge on any atom is 0.0735 e. The van der Waals surface area contributed by atoms with Crippen LogP contribution in [0.15, 0.2) is 34.9 Å². The van der Waals surface area contributed by atoms with Gasteiger partial charge in [-0.2, -0.15) is 5.10 Å². The van der Waals surface area contributed by atoms with Crippen molar-refractivity contribution in [3.8, 4) is 0 Å². The smallest absolute Gasteiger partial charge is 0.0735 e. The molecule has 1 aromatic heterocycles. The SMILES string of the molecule is CC(C)c1ccc(C(N)c2c(Br)cnn2C)cc1. The molecule has 2 rings (SSSR count). The van der Waals surface area contributed by atoms with E-state index in [0.717, 1.165) is 15.7 Å². The number of benzene rings is 1. The van der Waals surface area contributed by atoms with E-state index in [2.05, 4.69) is 59.1 Å². The van der Waals surface area contributed by atoms with Gasteiger partial charge in [0.2, 0.25) is 0 Å². The molecular weight excluding hydrogens is 290 g/mol. The summed E-state index contributed by atoms with van der Waals surface area (Å²) in [7, 11) is 1.91. The lowest BCUT2D eigenvalue weighted by atomic mass is 9.98. The van der Waals surface area contributed by atoms with Gasteiger partial charge in [0, 0.05) is 7.05 Å². The van der Waals surface area contributed by atoms with Gasteiger partial charge in [-0.1, -0.05) is 38.1 Å². The highest BCUT2D eigenvalue weighted by Gasteiger charge is 2.16. The second-order valence-corrected chi connectivity index (χ2v) is 5.65. The summed E-state index contributed by atoms with van der Waals surface area (Å²) >= 11 is 3.49. The van der Waals surface area contributed by atoms with Crippen LogP contribution in [-0.2, 0) is 7.05 Å². The molecule has 2 aromatic rings. The van der Waals surface area contributed by atoms with Crippen LogP contribution >= 0.6 is 15.9 Å². The van der Waals surface area contributed by atoms with Crippen LogP contribution in [0.25, 0.3) is 0 Å². The number of rotatable bonds is 3. The predicted octanol–water partition coefficient (Wildman–Crippen LogP) is 3.35. The van der Waals surface area contributed by atoms with Crippen LogP contribution in [-0.4, -0.2) is 9.78 Å². The van der Waals surface area contributed by atoms with Gasteiger partial charge in [0.25, 0.3) is 0 Å². The topological polar surface area (TPSA) is 43.8 Å². The molecule has 4 heteroatoms. The van der Waals surface area contributed by atoms with Crippen molar-refractivity contribution in [3.63, 3.8) is 0 Å². The fourth-order valence-electron chi connectivity index (χ4n) is 2.02. The Balaban J connectivity index is 2.32. The molecule has 3 nitrogen and oxygen atoms in total. The van der Waals surface area contributed by atoms with E-state index in [0.29, 0.717) is 5.92 Å². The molecule has 96 valence electrons. The molecule has 1 aromatic carbocycles. The number of halogens is 1. The average molecular weight is 308 g/mol.